The maximum Gasteiger partial charge on any atom is 0.161 e. The number of benzene rings is 1. The lowest BCUT2D eigenvalue weighted by molar-refractivity contribution is -0.0400. The minimum atomic E-state index is -0.146. The van der Waals surface area contributed by atoms with Crippen LogP contribution in [0, 0.1) is 0 Å². The largest absolute Gasteiger partial charge is 0.350 e. The Bertz CT molecular complexity index is 354. The zero-order valence-electron chi connectivity index (χ0n) is 8.73. The summed E-state index contributed by atoms with van der Waals surface area (Å²) in [5.74, 6) is 0.0881. The molecule has 1 aliphatic rings. The molecule has 0 radical (unpaired) electrons. The van der Waals surface area contributed by atoms with Gasteiger partial charge in [0.2, 0.25) is 0 Å². The van der Waals surface area contributed by atoms with Crippen LogP contribution in [0.15, 0.2) is 24.3 Å². The summed E-state index contributed by atoms with van der Waals surface area (Å²) in [7, 11) is 0. The van der Waals surface area contributed by atoms with Crippen LogP contribution >= 0.6 is 0 Å². The summed E-state index contributed by atoms with van der Waals surface area (Å²) in [6.07, 6.45) is 0.563. The van der Waals surface area contributed by atoms with Crippen LogP contribution < -0.4 is 0 Å². The number of carbonyl (C=O) groups excluding carboxylic acids is 1. The second-order valence-electron chi connectivity index (χ2n) is 3.63. The number of hydrogen-bond donors (Lipinski definition) is 0. The highest BCUT2D eigenvalue weighted by atomic mass is 16.7. The lowest BCUT2D eigenvalue weighted by atomic mass is 10.1. The molecule has 0 aliphatic carbocycles. The second-order valence-corrected chi connectivity index (χ2v) is 3.63. The average Bonchev–Trinajstić information content (AvgIpc) is 2.71. The monoisotopic (exact) mass is 206 g/mol. The molecule has 80 valence electrons. The third kappa shape index (κ3) is 2.64. The summed E-state index contributed by atoms with van der Waals surface area (Å²) in [4.78, 5) is 11.2. The van der Waals surface area contributed by atoms with E-state index in [9.17, 15) is 4.79 Å². The number of carbonyl (C=O) groups is 1. The van der Waals surface area contributed by atoms with Crippen molar-refractivity contribution in [2.45, 2.75) is 19.6 Å². The van der Waals surface area contributed by atoms with E-state index >= 15 is 0 Å². The Balaban J connectivity index is 2.07. The van der Waals surface area contributed by atoms with Crippen molar-refractivity contribution in [3.63, 3.8) is 0 Å². The summed E-state index contributed by atoms with van der Waals surface area (Å²) >= 11 is 0. The molecule has 0 aromatic heterocycles. The highest BCUT2D eigenvalue weighted by Crippen LogP contribution is 2.13. The lowest BCUT2D eigenvalue weighted by Crippen LogP contribution is -2.11. The maximum atomic E-state index is 11.2. The molecular weight excluding hydrogens is 192 g/mol. The molecule has 0 saturated carbocycles. The quantitative estimate of drug-likeness (QED) is 0.707. The van der Waals surface area contributed by atoms with Gasteiger partial charge in [0.25, 0.3) is 0 Å². The molecule has 3 heteroatoms. The minimum absolute atomic E-state index is 0.0881. The molecule has 0 atom stereocenters. The van der Waals surface area contributed by atoms with Gasteiger partial charge in [0, 0.05) is 12.0 Å². The average molecular weight is 206 g/mol. The fourth-order valence-corrected chi connectivity index (χ4v) is 1.63. The van der Waals surface area contributed by atoms with Crippen molar-refractivity contribution in [2.75, 3.05) is 13.2 Å². The molecule has 1 fully saturated rings. The van der Waals surface area contributed by atoms with E-state index in [4.69, 9.17) is 9.47 Å². The molecule has 1 heterocycles. The van der Waals surface area contributed by atoms with Gasteiger partial charge in [-0.25, -0.2) is 0 Å². The van der Waals surface area contributed by atoms with E-state index in [2.05, 4.69) is 0 Å². The van der Waals surface area contributed by atoms with Crippen LogP contribution in [0.3, 0.4) is 0 Å². The predicted octanol–water partition coefficient (Wildman–Crippen LogP) is 1.80. The molecule has 15 heavy (non-hydrogen) atoms. The third-order valence-electron chi connectivity index (χ3n) is 2.43. The molecule has 3 nitrogen and oxygen atoms in total. The van der Waals surface area contributed by atoms with Gasteiger partial charge in [-0.15, -0.1) is 0 Å². The van der Waals surface area contributed by atoms with Gasteiger partial charge in [-0.05, 0) is 18.6 Å². The number of rotatable bonds is 3. The first-order chi connectivity index (χ1) is 7.25. The van der Waals surface area contributed by atoms with Gasteiger partial charge in [-0.1, -0.05) is 18.2 Å². The normalized spacial score (nSPS) is 16.9. The first-order valence-corrected chi connectivity index (χ1v) is 5.09. The Hall–Kier alpha value is -1.19. The van der Waals surface area contributed by atoms with Gasteiger partial charge in [-0.3, -0.25) is 4.79 Å². The van der Waals surface area contributed by atoms with Gasteiger partial charge in [0.05, 0.1) is 13.2 Å². The number of ketones is 1. The minimum Gasteiger partial charge on any atom is -0.350 e. The smallest absolute Gasteiger partial charge is 0.161 e. The van der Waals surface area contributed by atoms with E-state index in [1.807, 2.05) is 24.3 Å². The topological polar surface area (TPSA) is 35.5 Å². The van der Waals surface area contributed by atoms with Crippen molar-refractivity contribution in [3.05, 3.63) is 35.4 Å². The lowest BCUT2D eigenvalue weighted by Gasteiger charge is -2.09. The summed E-state index contributed by atoms with van der Waals surface area (Å²) in [5, 5.41) is 0. The molecular formula is C12H14O3. The van der Waals surface area contributed by atoms with Crippen LogP contribution in [0.5, 0.6) is 0 Å². The molecule has 0 amide bonds. The van der Waals surface area contributed by atoms with Gasteiger partial charge >= 0.3 is 0 Å². The molecule has 0 spiro atoms. The summed E-state index contributed by atoms with van der Waals surface area (Å²) in [6.45, 7) is 2.90. The van der Waals surface area contributed by atoms with Gasteiger partial charge in [0.1, 0.15) is 0 Å². The third-order valence-corrected chi connectivity index (χ3v) is 2.43. The molecule has 0 unspecified atom stereocenters. The Morgan fingerprint density at radius 3 is 2.80 bits per heavy atom. The fraction of sp³-hybridized carbons (Fsp3) is 0.417. The van der Waals surface area contributed by atoms with Gasteiger partial charge in [-0.2, -0.15) is 0 Å². The molecule has 0 N–H and O–H groups in total. The summed E-state index contributed by atoms with van der Waals surface area (Å²) in [6, 6.07) is 7.59. The first-order valence-electron chi connectivity index (χ1n) is 5.09. The number of ether oxygens (including phenoxy) is 2. The first kappa shape index (κ1) is 10.3. The Morgan fingerprint density at radius 2 is 2.13 bits per heavy atom. The van der Waals surface area contributed by atoms with E-state index in [0.29, 0.717) is 19.6 Å². The Kier molecular flexibility index (Phi) is 3.14. The van der Waals surface area contributed by atoms with Crippen molar-refractivity contribution >= 4 is 5.78 Å². The zero-order chi connectivity index (χ0) is 10.7. The molecule has 1 aromatic rings. The standard InChI is InChI=1S/C12H14O3/c1-9(13)11-4-2-3-10(7-11)8-12-14-5-6-15-12/h2-4,7,12H,5-6,8H2,1H3. The van der Waals surface area contributed by atoms with E-state index in [1.54, 1.807) is 6.92 Å². The second kappa shape index (κ2) is 4.55. The van der Waals surface area contributed by atoms with Gasteiger partial charge in [0.15, 0.2) is 12.1 Å². The van der Waals surface area contributed by atoms with Crippen molar-refractivity contribution in [2.24, 2.45) is 0 Å². The van der Waals surface area contributed by atoms with E-state index in [1.165, 1.54) is 0 Å². The van der Waals surface area contributed by atoms with Crippen molar-refractivity contribution in [1.29, 1.82) is 0 Å². The highest BCUT2D eigenvalue weighted by molar-refractivity contribution is 5.94. The zero-order valence-corrected chi connectivity index (χ0v) is 8.73. The van der Waals surface area contributed by atoms with Crippen molar-refractivity contribution < 1.29 is 14.3 Å². The summed E-state index contributed by atoms with van der Waals surface area (Å²) in [5.41, 5.74) is 1.82. The van der Waals surface area contributed by atoms with Crippen LogP contribution in [0.25, 0.3) is 0 Å². The van der Waals surface area contributed by atoms with Crippen molar-refractivity contribution in [1.82, 2.24) is 0 Å². The Morgan fingerprint density at radius 1 is 1.40 bits per heavy atom. The van der Waals surface area contributed by atoms with Crippen LogP contribution in [0.2, 0.25) is 0 Å². The maximum absolute atomic E-state index is 11.2. The molecule has 1 saturated heterocycles. The number of hydrogen-bond acceptors (Lipinski definition) is 3. The molecule has 1 aromatic carbocycles. The SMILES string of the molecule is CC(=O)c1cccc(CC2OCCO2)c1. The van der Waals surface area contributed by atoms with Crippen LogP contribution in [0.4, 0.5) is 0 Å². The molecule has 1 aliphatic heterocycles. The van der Waals surface area contributed by atoms with E-state index in [0.717, 1.165) is 11.1 Å². The molecule has 0 bridgehead atoms. The van der Waals surface area contributed by atoms with Gasteiger partial charge < -0.3 is 9.47 Å². The van der Waals surface area contributed by atoms with Crippen LogP contribution in [-0.4, -0.2) is 25.3 Å². The Labute approximate surface area is 89.0 Å². The highest BCUT2D eigenvalue weighted by Gasteiger charge is 2.16. The van der Waals surface area contributed by atoms with Crippen molar-refractivity contribution in [3.8, 4) is 0 Å². The van der Waals surface area contributed by atoms with Crippen LogP contribution in [0.1, 0.15) is 22.8 Å². The van der Waals surface area contributed by atoms with E-state index < -0.39 is 0 Å². The fourth-order valence-electron chi connectivity index (χ4n) is 1.63. The predicted molar refractivity (Wildman–Crippen MR) is 55.8 cm³/mol. The van der Waals surface area contributed by atoms with E-state index in [-0.39, 0.29) is 12.1 Å². The van der Waals surface area contributed by atoms with Crippen LogP contribution in [-0.2, 0) is 15.9 Å². The summed E-state index contributed by atoms with van der Waals surface area (Å²) < 4.78 is 10.7. The molecule has 2 rings (SSSR count). The number of Topliss-reactive ketones (excluding diaryl/α,β-unsaturated/α-hetero) is 1.